The van der Waals surface area contributed by atoms with Crippen molar-refractivity contribution in [1.29, 1.82) is 0 Å². The summed E-state index contributed by atoms with van der Waals surface area (Å²) in [6.07, 6.45) is 1.83. The first-order valence-corrected chi connectivity index (χ1v) is 4.04. The number of hydrogen-bond donors (Lipinski definition) is 0. The SMILES string of the molecule is C=CCC(C(=C)C(=O)OC)C(=O)OC. The van der Waals surface area contributed by atoms with Crippen LogP contribution in [0.4, 0.5) is 0 Å². The van der Waals surface area contributed by atoms with E-state index in [1.807, 2.05) is 0 Å². The lowest BCUT2D eigenvalue weighted by Gasteiger charge is -2.13. The molecule has 0 aromatic rings. The zero-order valence-corrected chi connectivity index (χ0v) is 8.41. The Kier molecular flexibility index (Phi) is 5.29. The fourth-order valence-electron chi connectivity index (χ4n) is 0.963. The fourth-order valence-corrected chi connectivity index (χ4v) is 0.963. The number of carbonyl (C=O) groups is 2. The Bertz CT molecular complexity index is 255. The summed E-state index contributed by atoms with van der Waals surface area (Å²) in [7, 11) is 2.48. The Balaban J connectivity index is 4.64. The van der Waals surface area contributed by atoms with Crippen LogP contribution in [-0.2, 0) is 19.1 Å². The molecule has 0 spiro atoms. The van der Waals surface area contributed by atoms with Crippen LogP contribution in [0, 0.1) is 5.92 Å². The maximum atomic E-state index is 11.2. The summed E-state index contributed by atoms with van der Waals surface area (Å²) in [6.45, 7) is 6.97. The van der Waals surface area contributed by atoms with Crippen LogP contribution in [0.15, 0.2) is 24.8 Å². The Labute approximate surface area is 83.2 Å². The van der Waals surface area contributed by atoms with Gasteiger partial charge in [-0.05, 0) is 6.42 Å². The number of methoxy groups -OCH3 is 2. The third kappa shape index (κ3) is 3.05. The molecule has 0 aliphatic carbocycles. The first-order chi connectivity index (χ1) is 6.58. The molecule has 4 nitrogen and oxygen atoms in total. The quantitative estimate of drug-likeness (QED) is 0.377. The molecule has 0 aliphatic heterocycles. The van der Waals surface area contributed by atoms with E-state index in [9.17, 15) is 9.59 Å². The van der Waals surface area contributed by atoms with E-state index in [-0.39, 0.29) is 5.57 Å². The highest BCUT2D eigenvalue weighted by Gasteiger charge is 2.26. The summed E-state index contributed by atoms with van der Waals surface area (Å²) in [5.74, 6) is -1.83. The van der Waals surface area contributed by atoms with Gasteiger partial charge < -0.3 is 9.47 Å². The van der Waals surface area contributed by atoms with Crippen LogP contribution in [0.25, 0.3) is 0 Å². The van der Waals surface area contributed by atoms with E-state index in [0.717, 1.165) is 0 Å². The van der Waals surface area contributed by atoms with Gasteiger partial charge in [0, 0.05) is 5.57 Å². The lowest BCUT2D eigenvalue weighted by molar-refractivity contribution is -0.147. The van der Waals surface area contributed by atoms with E-state index < -0.39 is 17.9 Å². The molecule has 0 saturated carbocycles. The number of allylic oxidation sites excluding steroid dienone is 1. The van der Waals surface area contributed by atoms with Crippen molar-refractivity contribution >= 4 is 11.9 Å². The van der Waals surface area contributed by atoms with E-state index in [1.54, 1.807) is 0 Å². The van der Waals surface area contributed by atoms with Crippen LogP contribution < -0.4 is 0 Å². The molecule has 0 bridgehead atoms. The van der Waals surface area contributed by atoms with E-state index in [2.05, 4.69) is 22.6 Å². The Morgan fingerprint density at radius 2 is 1.93 bits per heavy atom. The lowest BCUT2D eigenvalue weighted by atomic mass is 9.97. The molecule has 1 unspecified atom stereocenters. The van der Waals surface area contributed by atoms with Crippen molar-refractivity contribution in [2.75, 3.05) is 14.2 Å². The normalized spacial score (nSPS) is 11.3. The first kappa shape index (κ1) is 12.4. The highest BCUT2D eigenvalue weighted by atomic mass is 16.5. The van der Waals surface area contributed by atoms with Crippen molar-refractivity contribution in [3.05, 3.63) is 24.8 Å². The fraction of sp³-hybridized carbons (Fsp3) is 0.400. The monoisotopic (exact) mass is 198 g/mol. The van der Waals surface area contributed by atoms with E-state index in [4.69, 9.17) is 0 Å². The summed E-state index contributed by atoms with van der Waals surface area (Å²) < 4.78 is 8.98. The van der Waals surface area contributed by atoms with Gasteiger partial charge in [0.2, 0.25) is 0 Å². The largest absolute Gasteiger partial charge is 0.469 e. The molecule has 4 heteroatoms. The van der Waals surface area contributed by atoms with Gasteiger partial charge in [-0.2, -0.15) is 0 Å². The van der Waals surface area contributed by atoms with Gasteiger partial charge >= 0.3 is 11.9 Å². The predicted molar refractivity (Wildman–Crippen MR) is 51.5 cm³/mol. The van der Waals surface area contributed by atoms with Gasteiger partial charge in [0.1, 0.15) is 0 Å². The van der Waals surface area contributed by atoms with Crippen LogP contribution in [0.2, 0.25) is 0 Å². The maximum Gasteiger partial charge on any atom is 0.334 e. The Hall–Kier alpha value is -1.58. The lowest BCUT2D eigenvalue weighted by Crippen LogP contribution is -2.22. The van der Waals surface area contributed by atoms with Crippen molar-refractivity contribution in [2.45, 2.75) is 6.42 Å². The molecular weight excluding hydrogens is 184 g/mol. The smallest absolute Gasteiger partial charge is 0.334 e. The van der Waals surface area contributed by atoms with E-state index in [0.29, 0.717) is 6.42 Å². The number of hydrogen-bond acceptors (Lipinski definition) is 4. The third-order valence-electron chi connectivity index (χ3n) is 1.76. The van der Waals surface area contributed by atoms with E-state index >= 15 is 0 Å². The second-order valence-electron chi connectivity index (χ2n) is 2.62. The molecule has 14 heavy (non-hydrogen) atoms. The molecule has 0 aromatic heterocycles. The van der Waals surface area contributed by atoms with Crippen molar-refractivity contribution in [3.63, 3.8) is 0 Å². The van der Waals surface area contributed by atoms with Crippen LogP contribution in [-0.4, -0.2) is 26.2 Å². The molecule has 0 saturated heterocycles. The average Bonchev–Trinajstić information content (AvgIpc) is 2.22. The molecular formula is C10H14O4. The minimum absolute atomic E-state index is 0.0826. The summed E-state index contributed by atoms with van der Waals surface area (Å²) in [5.41, 5.74) is 0.0826. The van der Waals surface area contributed by atoms with Crippen molar-refractivity contribution in [2.24, 2.45) is 5.92 Å². The molecule has 0 rings (SSSR count). The number of carbonyl (C=O) groups excluding carboxylic acids is 2. The van der Waals surface area contributed by atoms with Crippen molar-refractivity contribution in [1.82, 2.24) is 0 Å². The van der Waals surface area contributed by atoms with Crippen LogP contribution >= 0.6 is 0 Å². The van der Waals surface area contributed by atoms with Crippen molar-refractivity contribution in [3.8, 4) is 0 Å². The Morgan fingerprint density at radius 3 is 2.29 bits per heavy atom. The van der Waals surface area contributed by atoms with Crippen LogP contribution in [0.5, 0.6) is 0 Å². The summed E-state index contributed by atoms with van der Waals surface area (Å²) in [5, 5.41) is 0. The second kappa shape index (κ2) is 5.96. The number of ether oxygens (including phenoxy) is 2. The van der Waals surface area contributed by atoms with Gasteiger partial charge in [-0.15, -0.1) is 6.58 Å². The van der Waals surface area contributed by atoms with Gasteiger partial charge in [-0.3, -0.25) is 4.79 Å². The van der Waals surface area contributed by atoms with Gasteiger partial charge in [0.05, 0.1) is 20.1 Å². The molecule has 78 valence electrons. The Morgan fingerprint density at radius 1 is 1.36 bits per heavy atom. The number of rotatable bonds is 5. The minimum Gasteiger partial charge on any atom is -0.469 e. The molecule has 0 N–H and O–H groups in total. The summed E-state index contributed by atoms with van der Waals surface area (Å²) in [4.78, 5) is 22.3. The van der Waals surface area contributed by atoms with E-state index in [1.165, 1.54) is 20.3 Å². The maximum absolute atomic E-state index is 11.2. The highest BCUT2D eigenvalue weighted by molar-refractivity contribution is 5.94. The highest BCUT2D eigenvalue weighted by Crippen LogP contribution is 2.17. The molecule has 0 aromatic carbocycles. The predicted octanol–water partition coefficient (Wildman–Crippen LogP) is 1.08. The molecule has 0 fully saturated rings. The molecule has 0 amide bonds. The standard InChI is InChI=1S/C10H14O4/c1-5-6-8(10(12)14-4)7(2)9(11)13-3/h5,8H,1-2,6H2,3-4H3. The van der Waals surface area contributed by atoms with Gasteiger partial charge in [0.15, 0.2) is 0 Å². The van der Waals surface area contributed by atoms with Gasteiger partial charge in [-0.1, -0.05) is 12.7 Å². The molecule has 0 aliphatic rings. The summed E-state index contributed by atoms with van der Waals surface area (Å²) in [6, 6.07) is 0. The van der Waals surface area contributed by atoms with Crippen LogP contribution in [0.1, 0.15) is 6.42 Å². The van der Waals surface area contributed by atoms with Gasteiger partial charge in [-0.25, -0.2) is 4.79 Å². The van der Waals surface area contributed by atoms with Gasteiger partial charge in [0.25, 0.3) is 0 Å². The topological polar surface area (TPSA) is 52.6 Å². The van der Waals surface area contributed by atoms with Crippen LogP contribution in [0.3, 0.4) is 0 Å². The zero-order valence-electron chi connectivity index (χ0n) is 8.41. The number of esters is 2. The van der Waals surface area contributed by atoms with Crippen molar-refractivity contribution < 1.29 is 19.1 Å². The molecule has 1 atom stereocenters. The zero-order chi connectivity index (χ0) is 11.1. The molecule has 0 radical (unpaired) electrons. The minimum atomic E-state index is -0.704. The first-order valence-electron chi connectivity index (χ1n) is 4.04. The summed E-state index contributed by atoms with van der Waals surface area (Å²) >= 11 is 0. The third-order valence-corrected chi connectivity index (χ3v) is 1.76. The molecule has 0 heterocycles. The second-order valence-corrected chi connectivity index (χ2v) is 2.62. The average molecular weight is 198 g/mol.